The van der Waals surface area contributed by atoms with Gasteiger partial charge in [0.1, 0.15) is 0 Å². The number of carboxylic acids is 1. The molecule has 17 heavy (non-hydrogen) atoms. The van der Waals surface area contributed by atoms with Crippen LogP contribution in [-0.4, -0.2) is 40.5 Å². The molecule has 2 atom stereocenters. The molecule has 0 bridgehead atoms. The summed E-state index contributed by atoms with van der Waals surface area (Å²) in [5.74, 6) is -0.989. The zero-order valence-corrected chi connectivity index (χ0v) is 10.4. The first kappa shape index (κ1) is 14.0. The highest BCUT2D eigenvalue weighted by molar-refractivity contribution is 5.82. The van der Waals surface area contributed by atoms with Crippen LogP contribution in [0.4, 0.5) is 0 Å². The second-order valence-electron chi connectivity index (χ2n) is 4.63. The van der Waals surface area contributed by atoms with Gasteiger partial charge in [0.2, 0.25) is 5.91 Å². The molecular weight excluding hydrogens is 220 g/mol. The van der Waals surface area contributed by atoms with Crippen molar-refractivity contribution < 1.29 is 14.7 Å². The minimum atomic E-state index is -0.904. The minimum absolute atomic E-state index is 0.0441. The zero-order valence-electron chi connectivity index (χ0n) is 10.4. The Kier molecular flexibility index (Phi) is 5.41. The molecule has 0 spiro atoms. The Bertz CT molecular complexity index is 281. The number of carboxylic acid groups (broad SMARTS) is 1. The number of carbonyl (C=O) groups is 2. The van der Waals surface area contributed by atoms with E-state index in [1.165, 1.54) is 0 Å². The van der Waals surface area contributed by atoms with Crippen LogP contribution < -0.4 is 5.73 Å². The van der Waals surface area contributed by atoms with Gasteiger partial charge in [-0.15, -0.1) is 0 Å². The van der Waals surface area contributed by atoms with Gasteiger partial charge in [0.05, 0.1) is 6.04 Å². The SMILES string of the molecule is CCC1CCCCN1C(=O)C(N)CCC(=O)O. The Morgan fingerprint density at radius 3 is 2.76 bits per heavy atom. The number of amides is 1. The number of rotatable bonds is 5. The van der Waals surface area contributed by atoms with Crippen molar-refractivity contribution in [3.8, 4) is 0 Å². The maximum Gasteiger partial charge on any atom is 0.303 e. The molecule has 1 rings (SSSR count). The predicted octanol–water partition coefficient (Wildman–Crippen LogP) is 0.970. The van der Waals surface area contributed by atoms with Crippen LogP contribution in [0.15, 0.2) is 0 Å². The summed E-state index contributed by atoms with van der Waals surface area (Å²) in [4.78, 5) is 24.4. The smallest absolute Gasteiger partial charge is 0.303 e. The molecule has 3 N–H and O–H groups in total. The van der Waals surface area contributed by atoms with Crippen molar-refractivity contribution in [1.82, 2.24) is 4.90 Å². The van der Waals surface area contributed by atoms with Crippen LogP contribution >= 0.6 is 0 Å². The van der Waals surface area contributed by atoms with E-state index in [2.05, 4.69) is 6.92 Å². The second kappa shape index (κ2) is 6.59. The normalized spacial score (nSPS) is 22.2. The van der Waals surface area contributed by atoms with E-state index in [1.54, 1.807) is 0 Å². The fourth-order valence-electron chi connectivity index (χ4n) is 2.33. The van der Waals surface area contributed by atoms with E-state index in [0.29, 0.717) is 0 Å². The first-order valence-corrected chi connectivity index (χ1v) is 6.34. The van der Waals surface area contributed by atoms with Crippen LogP contribution in [0.1, 0.15) is 45.4 Å². The topological polar surface area (TPSA) is 83.6 Å². The zero-order chi connectivity index (χ0) is 12.8. The highest BCUT2D eigenvalue weighted by Gasteiger charge is 2.28. The van der Waals surface area contributed by atoms with Crippen LogP contribution in [-0.2, 0) is 9.59 Å². The van der Waals surface area contributed by atoms with Crippen LogP contribution in [0.25, 0.3) is 0 Å². The highest BCUT2D eigenvalue weighted by Crippen LogP contribution is 2.20. The van der Waals surface area contributed by atoms with Crippen molar-refractivity contribution in [2.75, 3.05) is 6.54 Å². The van der Waals surface area contributed by atoms with Gasteiger partial charge in [0.15, 0.2) is 0 Å². The van der Waals surface area contributed by atoms with Crippen molar-refractivity contribution in [3.63, 3.8) is 0 Å². The van der Waals surface area contributed by atoms with Gasteiger partial charge < -0.3 is 15.7 Å². The standard InChI is InChI=1S/C12H22N2O3/c1-2-9-5-3-4-8-14(9)12(17)10(13)6-7-11(15)16/h9-10H,2-8,13H2,1H3,(H,15,16). The highest BCUT2D eigenvalue weighted by atomic mass is 16.4. The summed E-state index contributed by atoms with van der Waals surface area (Å²) in [6, 6.07) is -0.384. The summed E-state index contributed by atoms with van der Waals surface area (Å²) < 4.78 is 0. The maximum atomic E-state index is 12.1. The monoisotopic (exact) mass is 242 g/mol. The van der Waals surface area contributed by atoms with Crippen LogP contribution in [0, 0.1) is 0 Å². The van der Waals surface area contributed by atoms with E-state index < -0.39 is 12.0 Å². The Hall–Kier alpha value is -1.10. The first-order valence-electron chi connectivity index (χ1n) is 6.34. The number of hydrogen-bond donors (Lipinski definition) is 2. The molecule has 1 saturated heterocycles. The van der Waals surface area contributed by atoms with E-state index in [4.69, 9.17) is 10.8 Å². The lowest BCUT2D eigenvalue weighted by Crippen LogP contribution is -2.50. The largest absolute Gasteiger partial charge is 0.481 e. The third kappa shape index (κ3) is 4.00. The lowest BCUT2D eigenvalue weighted by Gasteiger charge is -2.36. The molecule has 0 aromatic carbocycles. The molecule has 0 saturated carbocycles. The molecule has 1 amide bonds. The molecule has 1 aliphatic rings. The number of nitrogens with two attached hydrogens (primary N) is 1. The van der Waals surface area contributed by atoms with Crippen molar-refractivity contribution in [1.29, 1.82) is 0 Å². The predicted molar refractivity (Wildman–Crippen MR) is 64.5 cm³/mol. The Morgan fingerprint density at radius 1 is 1.47 bits per heavy atom. The van der Waals surface area contributed by atoms with E-state index in [-0.39, 0.29) is 24.8 Å². The van der Waals surface area contributed by atoms with E-state index in [1.807, 2.05) is 4.90 Å². The molecule has 0 aromatic heterocycles. The van der Waals surface area contributed by atoms with Gasteiger partial charge in [-0.1, -0.05) is 6.92 Å². The molecule has 98 valence electrons. The van der Waals surface area contributed by atoms with Crippen LogP contribution in [0.2, 0.25) is 0 Å². The molecule has 2 unspecified atom stereocenters. The Morgan fingerprint density at radius 2 is 2.18 bits per heavy atom. The summed E-state index contributed by atoms with van der Waals surface area (Å²) in [5, 5.41) is 8.57. The van der Waals surface area contributed by atoms with Gasteiger partial charge in [-0.25, -0.2) is 0 Å². The van der Waals surface area contributed by atoms with Crippen molar-refractivity contribution in [3.05, 3.63) is 0 Å². The van der Waals surface area contributed by atoms with Crippen LogP contribution in [0.3, 0.4) is 0 Å². The molecule has 0 aromatic rings. The van der Waals surface area contributed by atoms with Gasteiger partial charge in [-0.3, -0.25) is 9.59 Å². The molecule has 5 heteroatoms. The Balaban J connectivity index is 2.51. The third-order valence-electron chi connectivity index (χ3n) is 3.37. The van der Waals surface area contributed by atoms with Crippen molar-refractivity contribution in [2.24, 2.45) is 5.73 Å². The average Bonchev–Trinajstić information content (AvgIpc) is 2.34. The van der Waals surface area contributed by atoms with E-state index in [9.17, 15) is 9.59 Å². The number of piperidine rings is 1. The number of carbonyl (C=O) groups excluding carboxylic acids is 1. The van der Waals surface area contributed by atoms with Gasteiger partial charge in [0, 0.05) is 19.0 Å². The third-order valence-corrected chi connectivity index (χ3v) is 3.37. The fraction of sp³-hybridized carbons (Fsp3) is 0.833. The van der Waals surface area contributed by atoms with Gasteiger partial charge in [-0.2, -0.15) is 0 Å². The summed E-state index contributed by atoms with van der Waals surface area (Å²) in [6.07, 6.45) is 4.34. The van der Waals surface area contributed by atoms with E-state index >= 15 is 0 Å². The average molecular weight is 242 g/mol. The van der Waals surface area contributed by atoms with Crippen molar-refractivity contribution in [2.45, 2.75) is 57.5 Å². The summed E-state index contributed by atoms with van der Waals surface area (Å²) in [6.45, 7) is 2.83. The number of aliphatic carboxylic acids is 1. The van der Waals surface area contributed by atoms with Crippen molar-refractivity contribution >= 4 is 11.9 Å². The molecule has 0 radical (unpaired) electrons. The number of likely N-dealkylation sites (tertiary alicyclic amines) is 1. The van der Waals surface area contributed by atoms with Gasteiger partial charge >= 0.3 is 5.97 Å². The Labute approximate surface area is 102 Å². The fourth-order valence-corrected chi connectivity index (χ4v) is 2.33. The first-order chi connectivity index (χ1) is 8.06. The molecular formula is C12H22N2O3. The lowest BCUT2D eigenvalue weighted by molar-refractivity contribution is -0.138. The minimum Gasteiger partial charge on any atom is -0.481 e. The summed E-state index contributed by atoms with van der Waals surface area (Å²) in [7, 11) is 0. The van der Waals surface area contributed by atoms with Crippen LogP contribution in [0.5, 0.6) is 0 Å². The maximum absolute atomic E-state index is 12.1. The van der Waals surface area contributed by atoms with Gasteiger partial charge in [-0.05, 0) is 32.1 Å². The molecule has 0 aliphatic carbocycles. The summed E-state index contributed by atoms with van der Waals surface area (Å²) in [5.41, 5.74) is 5.76. The molecule has 1 aliphatic heterocycles. The quantitative estimate of drug-likeness (QED) is 0.752. The summed E-state index contributed by atoms with van der Waals surface area (Å²) >= 11 is 0. The molecule has 5 nitrogen and oxygen atoms in total. The molecule has 1 fully saturated rings. The van der Waals surface area contributed by atoms with Gasteiger partial charge in [0.25, 0.3) is 0 Å². The number of hydrogen-bond acceptors (Lipinski definition) is 3. The number of nitrogens with zero attached hydrogens (tertiary/aromatic N) is 1. The molecule has 1 heterocycles. The second-order valence-corrected chi connectivity index (χ2v) is 4.63. The van der Waals surface area contributed by atoms with E-state index in [0.717, 1.165) is 32.2 Å². The lowest BCUT2D eigenvalue weighted by atomic mass is 9.98.